The zero-order chi connectivity index (χ0) is 11.2. The molecule has 92 valence electrons. The van der Waals surface area contributed by atoms with E-state index in [1.807, 2.05) is 0 Å². The zero-order valence-corrected chi connectivity index (χ0v) is 12.5. The van der Waals surface area contributed by atoms with Crippen LogP contribution in [0.15, 0.2) is 0 Å². The summed E-state index contributed by atoms with van der Waals surface area (Å²) in [6.07, 6.45) is 15.5. The highest BCUT2D eigenvalue weighted by Gasteiger charge is 1.92. The van der Waals surface area contributed by atoms with Crippen molar-refractivity contribution >= 4 is 28.6 Å². The van der Waals surface area contributed by atoms with Gasteiger partial charge in [-0.25, -0.2) is 0 Å². The van der Waals surface area contributed by atoms with Crippen LogP contribution in [0, 0.1) is 0 Å². The van der Waals surface area contributed by atoms with Crippen LogP contribution in [0.1, 0.15) is 70.6 Å². The lowest BCUT2D eigenvalue weighted by atomic mass is 10.1. The lowest BCUT2D eigenvalue weighted by Gasteiger charge is -2.01. The molecule has 0 radical (unpaired) electrons. The van der Waals surface area contributed by atoms with E-state index in [2.05, 4.69) is 28.6 Å². The van der Waals surface area contributed by atoms with Crippen molar-refractivity contribution in [3.8, 4) is 0 Å². The average molecular weight is 295 g/mol. The smallest absolute Gasteiger partial charge is 0.00313 e. The van der Waals surface area contributed by atoms with Gasteiger partial charge >= 0.3 is 0 Å². The van der Waals surface area contributed by atoms with E-state index < -0.39 is 0 Å². The predicted molar refractivity (Wildman–Crippen MR) is 78.4 cm³/mol. The van der Waals surface area contributed by atoms with E-state index in [1.165, 1.54) is 76.0 Å². The molecule has 0 N–H and O–H groups in total. The molecule has 0 aliphatic carbocycles. The summed E-state index contributed by atoms with van der Waals surface area (Å²) in [6, 6.07) is 0. The van der Waals surface area contributed by atoms with Crippen molar-refractivity contribution < 1.29 is 0 Å². The number of rotatable bonds is 12. The summed E-state index contributed by atoms with van der Waals surface area (Å²) >= 11 is 7.68. The Balaban J connectivity index is 2.81. The first-order valence-corrected chi connectivity index (χ1v) is 8.34. The van der Waals surface area contributed by atoms with Crippen LogP contribution < -0.4 is 0 Å². The van der Waals surface area contributed by atoms with Gasteiger partial charge in [-0.2, -0.15) is 12.6 Å². The van der Waals surface area contributed by atoms with E-state index in [-0.39, 0.29) is 0 Å². The van der Waals surface area contributed by atoms with Crippen LogP contribution in [-0.2, 0) is 0 Å². The molecule has 0 aromatic rings. The third kappa shape index (κ3) is 14.8. The fraction of sp³-hybridized carbons (Fsp3) is 1.00. The van der Waals surface area contributed by atoms with Gasteiger partial charge in [-0.05, 0) is 18.6 Å². The minimum atomic E-state index is 1.06. The number of alkyl halides is 1. The van der Waals surface area contributed by atoms with Gasteiger partial charge in [0.2, 0.25) is 0 Å². The molecule has 0 atom stereocenters. The van der Waals surface area contributed by atoms with E-state index in [4.69, 9.17) is 0 Å². The third-order valence-corrected chi connectivity index (χ3v) is 3.67. The van der Waals surface area contributed by atoms with E-state index >= 15 is 0 Å². The maximum atomic E-state index is 4.22. The third-order valence-electron chi connectivity index (χ3n) is 2.79. The summed E-state index contributed by atoms with van der Waals surface area (Å²) in [7, 11) is 0. The van der Waals surface area contributed by atoms with Crippen molar-refractivity contribution in [2.75, 3.05) is 11.1 Å². The average Bonchev–Trinajstić information content (AvgIpc) is 2.26. The molecule has 0 amide bonds. The van der Waals surface area contributed by atoms with Crippen LogP contribution in [-0.4, -0.2) is 11.1 Å². The van der Waals surface area contributed by atoms with Crippen molar-refractivity contribution in [3.63, 3.8) is 0 Å². The largest absolute Gasteiger partial charge is 0.179 e. The standard InChI is InChI=1S/C13H27BrS/c14-12-10-8-6-4-2-1-3-5-7-9-11-13-15/h15H,1-13H2. The molecule has 0 aliphatic heterocycles. The Hall–Kier alpha value is 0.830. The highest BCUT2D eigenvalue weighted by Crippen LogP contribution is 2.11. The Morgan fingerprint density at radius 3 is 1.20 bits per heavy atom. The Kier molecular flexibility index (Phi) is 15.7. The molecular weight excluding hydrogens is 268 g/mol. The van der Waals surface area contributed by atoms with Gasteiger partial charge in [0.15, 0.2) is 0 Å². The van der Waals surface area contributed by atoms with Gasteiger partial charge in [0, 0.05) is 5.33 Å². The first kappa shape index (κ1) is 15.8. The van der Waals surface area contributed by atoms with Crippen LogP contribution in [0.3, 0.4) is 0 Å². The van der Waals surface area contributed by atoms with Gasteiger partial charge in [-0.15, -0.1) is 0 Å². The molecule has 0 aliphatic rings. The summed E-state index contributed by atoms with van der Waals surface area (Å²) in [5, 5.41) is 1.18. The topological polar surface area (TPSA) is 0 Å². The Labute approximate surface area is 110 Å². The van der Waals surface area contributed by atoms with Gasteiger partial charge in [-0.1, -0.05) is 73.7 Å². The number of hydrogen-bond acceptors (Lipinski definition) is 1. The quantitative estimate of drug-likeness (QED) is 0.270. The van der Waals surface area contributed by atoms with E-state index in [1.54, 1.807) is 0 Å². The summed E-state index contributed by atoms with van der Waals surface area (Å²) < 4.78 is 0. The normalized spacial score (nSPS) is 10.8. The Bertz CT molecular complexity index is 94.7. The van der Waals surface area contributed by atoms with Gasteiger partial charge < -0.3 is 0 Å². The molecule has 0 nitrogen and oxygen atoms in total. The molecule has 0 rings (SSSR count). The minimum absolute atomic E-state index is 1.06. The minimum Gasteiger partial charge on any atom is -0.179 e. The first-order chi connectivity index (χ1) is 7.41. The highest BCUT2D eigenvalue weighted by molar-refractivity contribution is 9.09. The van der Waals surface area contributed by atoms with Gasteiger partial charge in [-0.3, -0.25) is 0 Å². The Morgan fingerprint density at radius 2 is 0.867 bits per heavy atom. The summed E-state index contributed by atoms with van der Waals surface area (Å²) in [5.41, 5.74) is 0. The maximum absolute atomic E-state index is 4.22. The SMILES string of the molecule is SCCCCCCCCCCCCCBr. The second kappa shape index (κ2) is 14.8. The molecule has 15 heavy (non-hydrogen) atoms. The van der Waals surface area contributed by atoms with Crippen molar-refractivity contribution in [1.82, 2.24) is 0 Å². The molecule has 0 saturated carbocycles. The lowest BCUT2D eigenvalue weighted by molar-refractivity contribution is 0.556. The molecular formula is C13H27BrS. The number of unbranched alkanes of at least 4 members (excludes halogenated alkanes) is 10. The molecule has 0 aromatic heterocycles. The van der Waals surface area contributed by atoms with E-state index in [0.717, 1.165) is 5.75 Å². The molecule has 0 heterocycles. The summed E-state index contributed by atoms with van der Waals surface area (Å²) in [4.78, 5) is 0. The number of halogens is 1. The van der Waals surface area contributed by atoms with Crippen LogP contribution >= 0.6 is 28.6 Å². The first-order valence-electron chi connectivity index (χ1n) is 6.58. The van der Waals surface area contributed by atoms with Gasteiger partial charge in [0.1, 0.15) is 0 Å². The second-order valence-electron chi connectivity index (χ2n) is 4.30. The maximum Gasteiger partial charge on any atom is 0.00313 e. The molecule has 0 fully saturated rings. The zero-order valence-electron chi connectivity index (χ0n) is 10.0. The fourth-order valence-corrected chi connectivity index (χ4v) is 2.42. The van der Waals surface area contributed by atoms with Crippen molar-refractivity contribution in [2.45, 2.75) is 70.6 Å². The van der Waals surface area contributed by atoms with Crippen LogP contribution in [0.25, 0.3) is 0 Å². The molecule has 0 bridgehead atoms. The highest BCUT2D eigenvalue weighted by atomic mass is 79.9. The van der Waals surface area contributed by atoms with Gasteiger partial charge in [0.25, 0.3) is 0 Å². The fourth-order valence-electron chi connectivity index (χ4n) is 1.80. The van der Waals surface area contributed by atoms with Crippen molar-refractivity contribution in [1.29, 1.82) is 0 Å². The number of hydrogen-bond donors (Lipinski definition) is 1. The molecule has 0 unspecified atom stereocenters. The predicted octanol–water partition coefficient (Wildman–Crippen LogP) is 5.60. The molecule has 0 aromatic carbocycles. The van der Waals surface area contributed by atoms with E-state index in [9.17, 15) is 0 Å². The molecule has 0 saturated heterocycles. The lowest BCUT2D eigenvalue weighted by Crippen LogP contribution is -1.83. The van der Waals surface area contributed by atoms with Crippen molar-refractivity contribution in [3.05, 3.63) is 0 Å². The molecule has 2 heteroatoms. The van der Waals surface area contributed by atoms with Crippen LogP contribution in [0.2, 0.25) is 0 Å². The Morgan fingerprint density at radius 1 is 0.533 bits per heavy atom. The van der Waals surface area contributed by atoms with E-state index in [0.29, 0.717) is 0 Å². The van der Waals surface area contributed by atoms with Crippen LogP contribution in [0.5, 0.6) is 0 Å². The summed E-state index contributed by atoms with van der Waals surface area (Å²) in [6.45, 7) is 0. The molecule has 0 spiro atoms. The second-order valence-corrected chi connectivity index (χ2v) is 5.54. The monoisotopic (exact) mass is 294 g/mol. The van der Waals surface area contributed by atoms with Crippen LogP contribution in [0.4, 0.5) is 0 Å². The summed E-state index contributed by atoms with van der Waals surface area (Å²) in [5.74, 6) is 1.06. The van der Waals surface area contributed by atoms with Crippen molar-refractivity contribution in [2.24, 2.45) is 0 Å². The van der Waals surface area contributed by atoms with Gasteiger partial charge in [0.05, 0.1) is 0 Å². The number of thiol groups is 1.